The molecule has 0 N–H and O–H groups in total. The minimum Gasteiger partial charge on any atom is -0.454 e. The summed E-state index contributed by atoms with van der Waals surface area (Å²) in [6.45, 7) is 5.49. The van der Waals surface area contributed by atoms with E-state index >= 15 is 0 Å². The Balaban J connectivity index is 2.11. The Labute approximate surface area is 160 Å². The molecule has 140 valence electrons. The molecular weight excluding hydrogens is 383 g/mol. The Kier molecular flexibility index (Phi) is 6.26. The highest BCUT2D eigenvalue weighted by Gasteiger charge is 2.42. The summed E-state index contributed by atoms with van der Waals surface area (Å²) >= 11 is 11.8. The minimum absolute atomic E-state index is 0.0725. The van der Waals surface area contributed by atoms with Gasteiger partial charge in [0.25, 0.3) is 17.7 Å². The second-order valence-electron chi connectivity index (χ2n) is 5.64. The molecule has 0 bridgehead atoms. The zero-order valence-electron chi connectivity index (χ0n) is 14.5. The van der Waals surface area contributed by atoms with Gasteiger partial charge in [-0.1, -0.05) is 23.2 Å². The van der Waals surface area contributed by atoms with E-state index in [9.17, 15) is 19.2 Å². The first-order chi connectivity index (χ1) is 12.2. The predicted molar refractivity (Wildman–Crippen MR) is 95.3 cm³/mol. The lowest BCUT2D eigenvalue weighted by Crippen LogP contribution is -2.44. The third-order valence-corrected chi connectivity index (χ3v) is 4.86. The second kappa shape index (κ2) is 8.05. The summed E-state index contributed by atoms with van der Waals surface area (Å²) in [7, 11) is 0. The average molecular weight is 401 g/mol. The van der Waals surface area contributed by atoms with Gasteiger partial charge >= 0.3 is 5.97 Å². The number of hydrogen-bond donors (Lipinski definition) is 0. The first-order valence-corrected chi connectivity index (χ1v) is 8.79. The maximum Gasteiger partial charge on any atom is 0.329 e. The van der Waals surface area contributed by atoms with Crippen LogP contribution in [-0.4, -0.2) is 59.2 Å². The van der Waals surface area contributed by atoms with Crippen LogP contribution in [0.25, 0.3) is 0 Å². The molecule has 0 saturated heterocycles. The van der Waals surface area contributed by atoms with Crippen LogP contribution < -0.4 is 0 Å². The van der Waals surface area contributed by atoms with Crippen molar-refractivity contribution in [2.24, 2.45) is 0 Å². The Bertz CT molecular complexity index is 736. The van der Waals surface area contributed by atoms with E-state index in [1.165, 1.54) is 24.0 Å². The van der Waals surface area contributed by atoms with Crippen molar-refractivity contribution in [3.05, 3.63) is 33.3 Å². The molecule has 1 aromatic carbocycles. The van der Waals surface area contributed by atoms with Crippen LogP contribution in [0, 0.1) is 0 Å². The van der Waals surface area contributed by atoms with E-state index < -0.39 is 30.4 Å². The van der Waals surface area contributed by atoms with Gasteiger partial charge in [0.15, 0.2) is 6.61 Å². The van der Waals surface area contributed by atoms with Crippen molar-refractivity contribution >= 4 is 46.9 Å². The zero-order valence-corrected chi connectivity index (χ0v) is 16.1. The molecule has 1 aromatic rings. The highest BCUT2D eigenvalue weighted by atomic mass is 35.5. The Morgan fingerprint density at radius 2 is 1.54 bits per heavy atom. The molecule has 0 aliphatic carbocycles. The zero-order chi connectivity index (χ0) is 19.6. The van der Waals surface area contributed by atoms with Crippen LogP contribution in [0.5, 0.6) is 0 Å². The fourth-order valence-electron chi connectivity index (χ4n) is 2.63. The smallest absolute Gasteiger partial charge is 0.329 e. The molecular formula is C17H18Cl2N2O5. The van der Waals surface area contributed by atoms with Crippen LogP contribution in [-0.2, 0) is 14.3 Å². The fraction of sp³-hybridized carbons (Fsp3) is 0.412. The Morgan fingerprint density at radius 1 is 1.08 bits per heavy atom. The highest BCUT2D eigenvalue weighted by Crippen LogP contribution is 2.32. The van der Waals surface area contributed by atoms with Crippen molar-refractivity contribution in [1.29, 1.82) is 0 Å². The van der Waals surface area contributed by atoms with Gasteiger partial charge in [0.1, 0.15) is 6.04 Å². The van der Waals surface area contributed by atoms with Gasteiger partial charge in [0, 0.05) is 13.1 Å². The quantitative estimate of drug-likeness (QED) is 0.540. The van der Waals surface area contributed by atoms with Crippen molar-refractivity contribution < 1.29 is 23.9 Å². The number of halogens is 2. The van der Waals surface area contributed by atoms with E-state index in [4.69, 9.17) is 27.9 Å². The van der Waals surface area contributed by atoms with E-state index in [0.717, 1.165) is 4.90 Å². The molecule has 0 spiro atoms. The van der Waals surface area contributed by atoms with Crippen molar-refractivity contribution in [2.75, 3.05) is 19.7 Å². The number of hydrogen-bond acceptors (Lipinski definition) is 5. The number of benzene rings is 1. The lowest BCUT2D eigenvalue weighted by atomic mass is 10.1. The summed E-state index contributed by atoms with van der Waals surface area (Å²) in [6.07, 6.45) is 0. The van der Waals surface area contributed by atoms with Crippen LogP contribution in [0.1, 0.15) is 41.5 Å². The molecule has 7 nitrogen and oxygen atoms in total. The maximum atomic E-state index is 12.5. The molecule has 0 fully saturated rings. The molecule has 0 unspecified atom stereocenters. The van der Waals surface area contributed by atoms with Gasteiger partial charge in [-0.2, -0.15) is 0 Å². The summed E-state index contributed by atoms with van der Waals surface area (Å²) in [5.41, 5.74) is 0.145. The van der Waals surface area contributed by atoms with Crippen molar-refractivity contribution in [3.63, 3.8) is 0 Å². The fourth-order valence-corrected chi connectivity index (χ4v) is 2.96. The third kappa shape index (κ3) is 3.68. The van der Waals surface area contributed by atoms with E-state index in [2.05, 4.69) is 0 Å². The second-order valence-corrected chi connectivity index (χ2v) is 6.46. The number of amides is 3. The topological polar surface area (TPSA) is 84.0 Å². The third-order valence-electron chi connectivity index (χ3n) is 4.14. The van der Waals surface area contributed by atoms with Gasteiger partial charge in [-0.15, -0.1) is 0 Å². The molecule has 2 rings (SSSR count). The first kappa shape index (κ1) is 20.2. The molecule has 0 saturated carbocycles. The van der Waals surface area contributed by atoms with Crippen molar-refractivity contribution in [2.45, 2.75) is 26.8 Å². The van der Waals surface area contributed by atoms with E-state index in [0.29, 0.717) is 13.1 Å². The lowest BCUT2D eigenvalue weighted by molar-refractivity contribution is -0.154. The van der Waals surface area contributed by atoms with Crippen LogP contribution in [0.15, 0.2) is 12.1 Å². The number of rotatable bonds is 6. The molecule has 0 radical (unpaired) electrons. The highest BCUT2D eigenvalue weighted by molar-refractivity contribution is 6.43. The number of carbonyl (C=O) groups excluding carboxylic acids is 4. The number of likely N-dealkylation sites (N-methyl/N-ethyl adjacent to an activating group) is 1. The summed E-state index contributed by atoms with van der Waals surface area (Å²) in [6, 6.07) is 1.40. The molecule has 1 atom stereocenters. The van der Waals surface area contributed by atoms with Crippen LogP contribution in [0.3, 0.4) is 0 Å². The van der Waals surface area contributed by atoms with E-state index in [-0.39, 0.29) is 27.1 Å². The Hall–Kier alpha value is -2.12. The summed E-state index contributed by atoms with van der Waals surface area (Å²) in [5, 5.41) is 0.266. The monoisotopic (exact) mass is 400 g/mol. The van der Waals surface area contributed by atoms with Crippen LogP contribution in [0.2, 0.25) is 10.0 Å². The average Bonchev–Trinajstić information content (AvgIpc) is 2.84. The number of fused-ring (bicyclic) bond motifs is 1. The lowest BCUT2D eigenvalue weighted by Gasteiger charge is -2.22. The Morgan fingerprint density at radius 3 is 1.96 bits per heavy atom. The SMILES string of the molecule is CCN(CC)C(=O)COC(=O)[C@H](C)N1C(=O)c2cc(Cl)c(Cl)cc2C1=O. The standard InChI is InChI=1S/C17H18Cl2N2O5/c1-4-20(5-2)14(22)8-26-17(25)9(3)21-15(23)10-6-12(18)13(19)7-11(10)16(21)24/h6-7,9H,4-5,8H2,1-3H3/t9-/m0/s1. The maximum absolute atomic E-state index is 12.5. The predicted octanol–water partition coefficient (Wildman–Crippen LogP) is 2.39. The van der Waals surface area contributed by atoms with Gasteiger partial charge < -0.3 is 9.64 Å². The molecule has 3 amide bonds. The first-order valence-electron chi connectivity index (χ1n) is 8.04. The molecule has 9 heteroatoms. The summed E-state index contributed by atoms with van der Waals surface area (Å²) in [4.78, 5) is 51.4. The largest absolute Gasteiger partial charge is 0.454 e. The summed E-state index contributed by atoms with van der Waals surface area (Å²) < 4.78 is 4.98. The van der Waals surface area contributed by atoms with Crippen molar-refractivity contribution in [3.8, 4) is 0 Å². The van der Waals surface area contributed by atoms with E-state index in [1.807, 2.05) is 0 Å². The molecule has 1 aliphatic heterocycles. The van der Waals surface area contributed by atoms with E-state index in [1.54, 1.807) is 13.8 Å². The minimum atomic E-state index is -1.19. The number of esters is 1. The van der Waals surface area contributed by atoms with Gasteiger partial charge in [-0.05, 0) is 32.9 Å². The van der Waals surface area contributed by atoms with Gasteiger partial charge in [0.2, 0.25) is 0 Å². The van der Waals surface area contributed by atoms with Gasteiger partial charge in [-0.25, -0.2) is 4.79 Å². The van der Waals surface area contributed by atoms with Crippen LogP contribution in [0.4, 0.5) is 0 Å². The summed E-state index contributed by atoms with van der Waals surface area (Å²) in [5.74, 6) is -2.53. The molecule has 26 heavy (non-hydrogen) atoms. The normalized spacial score (nSPS) is 14.3. The number of nitrogens with zero attached hydrogens (tertiary/aromatic N) is 2. The molecule has 1 aliphatic rings. The molecule has 1 heterocycles. The number of carbonyl (C=O) groups is 4. The molecule has 0 aromatic heterocycles. The van der Waals surface area contributed by atoms with Gasteiger partial charge in [-0.3, -0.25) is 19.3 Å². The van der Waals surface area contributed by atoms with Crippen LogP contribution >= 0.6 is 23.2 Å². The van der Waals surface area contributed by atoms with Gasteiger partial charge in [0.05, 0.1) is 21.2 Å². The van der Waals surface area contributed by atoms with Crippen molar-refractivity contribution in [1.82, 2.24) is 9.80 Å². The number of imide groups is 1. The number of ether oxygens (including phenoxy) is 1.